The van der Waals surface area contributed by atoms with Crippen LogP contribution in [0.3, 0.4) is 0 Å². The van der Waals surface area contributed by atoms with Gasteiger partial charge in [0, 0.05) is 28.4 Å². The molecule has 4 aromatic rings. The fraction of sp³-hybridized carbons (Fsp3) is 0.0400. The summed E-state index contributed by atoms with van der Waals surface area (Å²) >= 11 is 12.6. The summed E-state index contributed by atoms with van der Waals surface area (Å²) in [6.07, 6.45) is 1.52. The Bertz CT molecular complexity index is 1230. The summed E-state index contributed by atoms with van der Waals surface area (Å²) in [5, 5.41) is 3.98. The van der Waals surface area contributed by atoms with E-state index in [2.05, 4.69) is 10.3 Å². The van der Waals surface area contributed by atoms with Crippen LogP contribution in [0.15, 0.2) is 85.1 Å². The maximum atomic E-state index is 13.1. The van der Waals surface area contributed by atoms with Crippen LogP contribution in [0, 0.1) is 5.82 Å². The SMILES string of the molecule is O=C(NCc1ccc(-c2ccc(F)cc2)cc1Cl)c1ccc(-c2ccccc2Cl)nc1. The van der Waals surface area contributed by atoms with Gasteiger partial charge in [0.05, 0.1) is 11.3 Å². The number of pyridine rings is 1. The average Bonchev–Trinajstić information content (AvgIpc) is 2.79. The monoisotopic (exact) mass is 450 g/mol. The molecule has 1 N–H and O–H groups in total. The lowest BCUT2D eigenvalue weighted by atomic mass is 10.0. The Morgan fingerprint density at radius 3 is 2.29 bits per heavy atom. The van der Waals surface area contributed by atoms with Crippen LogP contribution in [0.1, 0.15) is 15.9 Å². The van der Waals surface area contributed by atoms with E-state index in [1.807, 2.05) is 30.3 Å². The highest BCUT2D eigenvalue weighted by Gasteiger charge is 2.10. The minimum atomic E-state index is -0.288. The first-order valence-electron chi connectivity index (χ1n) is 9.55. The molecule has 0 spiro atoms. The van der Waals surface area contributed by atoms with Crippen LogP contribution in [-0.4, -0.2) is 10.9 Å². The molecule has 1 amide bonds. The zero-order valence-corrected chi connectivity index (χ0v) is 17.8. The van der Waals surface area contributed by atoms with Gasteiger partial charge >= 0.3 is 0 Å². The fourth-order valence-electron chi connectivity index (χ4n) is 3.15. The topological polar surface area (TPSA) is 42.0 Å². The number of carbonyl (C=O) groups is 1. The molecule has 3 nitrogen and oxygen atoms in total. The quantitative estimate of drug-likeness (QED) is 0.363. The normalized spacial score (nSPS) is 10.7. The van der Waals surface area contributed by atoms with Crippen LogP contribution in [-0.2, 0) is 6.54 Å². The van der Waals surface area contributed by atoms with E-state index < -0.39 is 0 Å². The Morgan fingerprint density at radius 2 is 1.61 bits per heavy atom. The number of nitrogens with one attached hydrogen (secondary N) is 1. The smallest absolute Gasteiger partial charge is 0.253 e. The zero-order chi connectivity index (χ0) is 21.8. The molecule has 3 aromatic carbocycles. The van der Waals surface area contributed by atoms with Crippen LogP contribution in [0.2, 0.25) is 10.0 Å². The number of halogens is 3. The van der Waals surface area contributed by atoms with Gasteiger partial charge in [-0.25, -0.2) is 4.39 Å². The summed E-state index contributed by atoms with van der Waals surface area (Å²) in [5.74, 6) is -0.541. The summed E-state index contributed by atoms with van der Waals surface area (Å²) in [4.78, 5) is 16.9. The maximum Gasteiger partial charge on any atom is 0.253 e. The van der Waals surface area contributed by atoms with Gasteiger partial charge in [-0.3, -0.25) is 9.78 Å². The number of amides is 1. The summed E-state index contributed by atoms with van der Waals surface area (Å²) < 4.78 is 13.1. The number of nitrogens with zero attached hydrogens (tertiary/aromatic N) is 1. The van der Waals surface area contributed by atoms with Crippen molar-refractivity contribution in [3.8, 4) is 22.4 Å². The number of rotatable bonds is 5. The molecule has 154 valence electrons. The van der Waals surface area contributed by atoms with E-state index in [1.54, 1.807) is 36.4 Å². The van der Waals surface area contributed by atoms with Crippen LogP contribution in [0.25, 0.3) is 22.4 Å². The molecule has 0 bridgehead atoms. The molecule has 0 fully saturated rings. The van der Waals surface area contributed by atoms with Gasteiger partial charge in [-0.2, -0.15) is 0 Å². The highest BCUT2D eigenvalue weighted by Crippen LogP contribution is 2.27. The summed E-state index contributed by atoms with van der Waals surface area (Å²) in [6.45, 7) is 0.271. The third kappa shape index (κ3) is 4.93. The van der Waals surface area contributed by atoms with Gasteiger partial charge in [-0.1, -0.05) is 65.7 Å². The van der Waals surface area contributed by atoms with Crippen LogP contribution < -0.4 is 5.32 Å². The van der Waals surface area contributed by atoms with Gasteiger partial charge in [0.1, 0.15) is 5.82 Å². The molecule has 6 heteroatoms. The van der Waals surface area contributed by atoms with E-state index in [1.165, 1.54) is 18.3 Å². The lowest BCUT2D eigenvalue weighted by molar-refractivity contribution is 0.0950. The van der Waals surface area contributed by atoms with E-state index >= 15 is 0 Å². The molecule has 0 aliphatic carbocycles. The van der Waals surface area contributed by atoms with Crippen molar-refractivity contribution in [2.24, 2.45) is 0 Å². The van der Waals surface area contributed by atoms with E-state index in [4.69, 9.17) is 23.2 Å². The highest BCUT2D eigenvalue weighted by atomic mass is 35.5. The second kappa shape index (κ2) is 9.29. The van der Waals surface area contributed by atoms with Gasteiger partial charge in [0.2, 0.25) is 0 Å². The number of benzene rings is 3. The highest BCUT2D eigenvalue weighted by molar-refractivity contribution is 6.33. The summed E-state index contributed by atoms with van der Waals surface area (Å²) in [6, 6.07) is 22.6. The molecule has 31 heavy (non-hydrogen) atoms. The van der Waals surface area contributed by atoms with Crippen molar-refractivity contribution in [2.75, 3.05) is 0 Å². The number of carbonyl (C=O) groups excluding carboxylic acids is 1. The Kier molecular flexibility index (Phi) is 6.31. The van der Waals surface area contributed by atoms with E-state index in [9.17, 15) is 9.18 Å². The van der Waals surface area contributed by atoms with Crippen molar-refractivity contribution in [3.05, 3.63) is 112 Å². The zero-order valence-electron chi connectivity index (χ0n) is 16.3. The number of aromatic nitrogens is 1. The molecular weight excluding hydrogens is 434 g/mol. The van der Waals surface area contributed by atoms with Crippen molar-refractivity contribution in [3.63, 3.8) is 0 Å². The van der Waals surface area contributed by atoms with Crippen LogP contribution in [0.5, 0.6) is 0 Å². The molecule has 1 heterocycles. The van der Waals surface area contributed by atoms with Gasteiger partial charge in [0.25, 0.3) is 5.91 Å². The van der Waals surface area contributed by atoms with E-state index in [0.29, 0.717) is 21.3 Å². The fourth-order valence-corrected chi connectivity index (χ4v) is 3.63. The first kappa shape index (κ1) is 21.0. The first-order chi connectivity index (χ1) is 15.0. The Labute approximate surface area is 189 Å². The Morgan fingerprint density at radius 1 is 0.871 bits per heavy atom. The van der Waals surface area contributed by atoms with Gasteiger partial charge in [-0.15, -0.1) is 0 Å². The second-order valence-electron chi connectivity index (χ2n) is 6.91. The summed E-state index contributed by atoms with van der Waals surface area (Å²) in [5.41, 5.74) is 4.46. The molecule has 0 radical (unpaired) electrons. The number of hydrogen-bond acceptors (Lipinski definition) is 2. The van der Waals surface area contributed by atoms with Gasteiger partial charge < -0.3 is 5.32 Å². The van der Waals surface area contributed by atoms with Crippen LogP contribution >= 0.6 is 23.2 Å². The first-order valence-corrected chi connectivity index (χ1v) is 10.3. The van der Waals surface area contributed by atoms with E-state index in [0.717, 1.165) is 22.3 Å². The third-order valence-electron chi connectivity index (χ3n) is 4.85. The van der Waals surface area contributed by atoms with Crippen molar-refractivity contribution in [1.29, 1.82) is 0 Å². The Hall–Kier alpha value is -3.21. The van der Waals surface area contributed by atoms with Crippen molar-refractivity contribution in [1.82, 2.24) is 10.3 Å². The predicted molar refractivity (Wildman–Crippen MR) is 123 cm³/mol. The Balaban J connectivity index is 1.42. The molecule has 0 atom stereocenters. The molecule has 4 rings (SSSR count). The number of hydrogen-bond donors (Lipinski definition) is 1. The largest absolute Gasteiger partial charge is 0.348 e. The minimum Gasteiger partial charge on any atom is -0.348 e. The second-order valence-corrected chi connectivity index (χ2v) is 7.72. The maximum absolute atomic E-state index is 13.1. The molecule has 1 aromatic heterocycles. The lowest BCUT2D eigenvalue weighted by Gasteiger charge is -2.10. The van der Waals surface area contributed by atoms with Crippen molar-refractivity contribution >= 4 is 29.1 Å². The van der Waals surface area contributed by atoms with Crippen LogP contribution in [0.4, 0.5) is 4.39 Å². The molecule has 0 unspecified atom stereocenters. The average molecular weight is 451 g/mol. The summed E-state index contributed by atoms with van der Waals surface area (Å²) in [7, 11) is 0. The molecule has 0 saturated carbocycles. The predicted octanol–water partition coefficient (Wildman–Crippen LogP) is 6.79. The molecule has 0 saturated heterocycles. The van der Waals surface area contributed by atoms with Gasteiger partial charge in [-0.05, 0) is 53.1 Å². The van der Waals surface area contributed by atoms with Gasteiger partial charge in [0.15, 0.2) is 0 Å². The van der Waals surface area contributed by atoms with Crippen molar-refractivity contribution in [2.45, 2.75) is 6.54 Å². The molecular formula is C25H17Cl2FN2O. The minimum absolute atomic E-state index is 0.253. The van der Waals surface area contributed by atoms with E-state index in [-0.39, 0.29) is 18.3 Å². The molecule has 0 aliphatic rings. The third-order valence-corrected chi connectivity index (χ3v) is 5.53. The standard InChI is InChI=1S/C25H17Cl2FN2O/c26-22-4-2-1-3-21(22)24-12-9-19(15-29-24)25(31)30-14-18-6-5-17(13-23(18)27)16-7-10-20(28)11-8-16/h1-13,15H,14H2,(H,30,31). The molecule has 0 aliphatic heterocycles. The lowest BCUT2D eigenvalue weighted by Crippen LogP contribution is -2.23. The van der Waals surface area contributed by atoms with Crippen molar-refractivity contribution < 1.29 is 9.18 Å².